The molecule has 0 radical (unpaired) electrons. The van der Waals surface area contributed by atoms with Gasteiger partial charge in [-0.25, -0.2) is 4.58 Å². The summed E-state index contributed by atoms with van der Waals surface area (Å²) >= 11 is 2.92. The topological polar surface area (TPSA) is 87.6 Å². The van der Waals surface area contributed by atoms with Gasteiger partial charge < -0.3 is 15.1 Å². The lowest BCUT2D eigenvalue weighted by Gasteiger charge is -2.36. The number of hydrogen-bond acceptors (Lipinski definition) is 7. The van der Waals surface area contributed by atoms with Gasteiger partial charge in [-0.1, -0.05) is 118 Å². The maximum Gasteiger partial charge on any atom is 0.263 e. The molecule has 3 aliphatic carbocycles. The zero-order chi connectivity index (χ0) is 40.1. The first kappa shape index (κ1) is 40.5. The summed E-state index contributed by atoms with van der Waals surface area (Å²) in [5.41, 5.74) is 4.07. The molecule has 57 heavy (non-hydrogen) atoms. The van der Waals surface area contributed by atoms with Gasteiger partial charge in [-0.05, 0) is 48.8 Å². The second-order valence-corrected chi connectivity index (χ2v) is 17.5. The molecule has 9 heteroatoms. The van der Waals surface area contributed by atoms with E-state index < -0.39 is 11.5 Å². The lowest BCUT2D eigenvalue weighted by atomic mass is 9.73. The van der Waals surface area contributed by atoms with Crippen LogP contribution in [-0.4, -0.2) is 47.1 Å². The van der Waals surface area contributed by atoms with Crippen LogP contribution in [0.5, 0.6) is 0 Å². The number of nitrogens with zero attached hydrogens (tertiary/aromatic N) is 3. The van der Waals surface area contributed by atoms with Gasteiger partial charge in [-0.15, -0.1) is 0 Å². The molecular weight excluding hydrogens is 747 g/mol. The van der Waals surface area contributed by atoms with Crippen LogP contribution in [-0.2, 0) is 16.6 Å². The number of aliphatic hydroxyl groups excluding tert-OH is 1. The van der Waals surface area contributed by atoms with Crippen molar-refractivity contribution >= 4 is 62.4 Å². The Kier molecular flexibility index (Phi) is 13.0. The quantitative estimate of drug-likeness (QED) is 0.0832. The van der Waals surface area contributed by atoms with E-state index in [0.717, 1.165) is 57.4 Å². The highest BCUT2D eigenvalue weighted by atomic mass is 32.2. The fraction of sp³-hybridized carbons (Fsp3) is 0.375. The number of ketones is 2. The Balaban J connectivity index is 1.20. The normalized spacial score (nSPS) is 18.1. The van der Waals surface area contributed by atoms with Crippen LogP contribution >= 0.6 is 23.1 Å². The monoisotopic (exact) mass is 800 g/mol. The first-order valence-electron chi connectivity index (χ1n) is 20.8. The van der Waals surface area contributed by atoms with Crippen molar-refractivity contribution in [3.63, 3.8) is 0 Å². The Morgan fingerprint density at radius 2 is 1.42 bits per heavy atom. The highest BCUT2D eigenvalue weighted by Gasteiger charge is 2.45. The molecule has 296 valence electrons. The van der Waals surface area contributed by atoms with E-state index in [4.69, 9.17) is 0 Å². The molecule has 7 nitrogen and oxygen atoms in total. The molecule has 0 amide bonds. The van der Waals surface area contributed by atoms with Crippen molar-refractivity contribution in [2.24, 2.45) is 7.05 Å². The standard InChI is InChI=1S/C48H53N3O4S2/c1-5-7-9-11-13-19-29-51(30-20-14-12-10-8-6-2)33-27-25-32(26-28-33)40-46(54)43(47(40)55)41(48-50(4)36-22-16-18-24-38(36)57-48)42-44(52)34(45(42)53)31-39-49(3)35-21-15-17-23-37(35)56-39/h15-18,21-28,31H,5-14,19-20,29-30H2,1-4H3/p+1. The van der Waals surface area contributed by atoms with Crippen molar-refractivity contribution in [3.8, 4) is 0 Å². The predicted molar refractivity (Wildman–Crippen MR) is 232 cm³/mol. The minimum absolute atomic E-state index is 0.0123. The summed E-state index contributed by atoms with van der Waals surface area (Å²) in [7, 11) is 3.79. The summed E-state index contributed by atoms with van der Waals surface area (Å²) in [5, 5.41) is 27.2. The molecule has 1 aromatic heterocycles. The zero-order valence-electron chi connectivity index (χ0n) is 33.7. The third kappa shape index (κ3) is 8.19. The van der Waals surface area contributed by atoms with Crippen LogP contribution in [0.2, 0.25) is 0 Å². The summed E-state index contributed by atoms with van der Waals surface area (Å²) in [6, 6.07) is 15.8. The van der Waals surface area contributed by atoms with E-state index in [2.05, 4.69) is 18.4 Å². The summed E-state index contributed by atoms with van der Waals surface area (Å²) in [5.74, 6) is -1.40. The molecule has 0 saturated carbocycles. The zero-order valence-corrected chi connectivity index (χ0v) is 35.4. The van der Waals surface area contributed by atoms with Gasteiger partial charge >= 0.3 is 0 Å². The Bertz CT molecular complexity index is 2310. The number of anilines is 1. The van der Waals surface area contributed by atoms with Crippen LogP contribution < -0.4 is 14.6 Å². The number of aryl methyl sites for hydroxylation is 1. The summed E-state index contributed by atoms with van der Waals surface area (Å²) in [6.07, 6.45) is 24.5. The average Bonchev–Trinajstić information content (AvgIpc) is 3.73. The number of thiazole rings is 1. The van der Waals surface area contributed by atoms with Gasteiger partial charge in [0, 0.05) is 65.8 Å². The number of unbranched alkanes of at least 4 members (excludes halogenated alkanes) is 10. The minimum atomic E-state index is -0.405. The smallest absolute Gasteiger partial charge is 0.263 e. The number of carbonyl (C=O) groups excluding carboxylic acids is 2. The predicted octanol–water partition coefficient (Wildman–Crippen LogP) is 9.75. The van der Waals surface area contributed by atoms with E-state index in [1.165, 1.54) is 87.3 Å². The molecule has 2 heterocycles. The third-order valence-corrected chi connectivity index (χ3v) is 13.8. The van der Waals surface area contributed by atoms with Crippen LogP contribution in [0.1, 0.15) is 95.9 Å². The van der Waals surface area contributed by atoms with Crippen molar-refractivity contribution < 1.29 is 28.9 Å². The van der Waals surface area contributed by atoms with Gasteiger partial charge in [0.25, 0.3) is 5.01 Å². The molecule has 0 spiro atoms. The Morgan fingerprint density at radius 3 is 2.04 bits per heavy atom. The number of hydrogen-bond donors (Lipinski definition) is 1. The maximum absolute atomic E-state index is 14.2. The molecular formula is C48H54N3O4S2+. The molecule has 0 unspecified atom stereocenters. The second-order valence-electron chi connectivity index (χ2n) is 15.4. The molecule has 3 aromatic rings. The Hall–Kier alpha value is -4.73. The molecule has 4 aliphatic rings. The van der Waals surface area contributed by atoms with Crippen LogP contribution in [0.3, 0.4) is 0 Å². The van der Waals surface area contributed by atoms with E-state index >= 15 is 0 Å². The van der Waals surface area contributed by atoms with Crippen LogP contribution in [0.4, 0.5) is 5.69 Å². The fourth-order valence-corrected chi connectivity index (χ4v) is 10.4. The third-order valence-electron chi connectivity index (χ3n) is 11.4. The van der Waals surface area contributed by atoms with Gasteiger partial charge in [0.05, 0.1) is 21.9 Å². The molecule has 2 aromatic carbocycles. The molecule has 0 bridgehead atoms. The maximum atomic E-state index is 14.2. The minimum Gasteiger partial charge on any atom is -0.871 e. The fourth-order valence-electron chi connectivity index (χ4n) is 8.08. The molecule has 0 fully saturated rings. The number of Topliss-reactive ketones (excluding diaryl/α,β-unsaturated/α-hetero) is 2. The lowest BCUT2D eigenvalue weighted by molar-refractivity contribution is -0.642. The molecule has 0 saturated heterocycles. The lowest BCUT2D eigenvalue weighted by Crippen LogP contribution is -2.37. The summed E-state index contributed by atoms with van der Waals surface area (Å²) in [6.45, 7) is 6.47. The number of allylic oxidation sites excluding steroid dienone is 10. The Morgan fingerprint density at radius 1 is 0.807 bits per heavy atom. The first-order chi connectivity index (χ1) is 27.7. The van der Waals surface area contributed by atoms with Gasteiger partial charge in [0.15, 0.2) is 11.5 Å². The number of fused-ring (bicyclic) bond motifs is 2. The van der Waals surface area contributed by atoms with Crippen LogP contribution in [0, 0.1) is 0 Å². The van der Waals surface area contributed by atoms with E-state index in [1.807, 2.05) is 96.4 Å². The average molecular weight is 801 g/mol. The molecule has 1 aliphatic heterocycles. The van der Waals surface area contributed by atoms with Gasteiger partial charge in [0.1, 0.15) is 30.6 Å². The van der Waals surface area contributed by atoms with Crippen molar-refractivity contribution in [1.82, 2.24) is 0 Å². The summed E-state index contributed by atoms with van der Waals surface area (Å²) < 4.78 is 5.52. The molecule has 0 atom stereocenters. The van der Waals surface area contributed by atoms with Gasteiger partial charge in [0.2, 0.25) is 11.3 Å². The van der Waals surface area contributed by atoms with E-state index in [0.29, 0.717) is 10.6 Å². The van der Waals surface area contributed by atoms with Crippen LogP contribution in [0.15, 0.2) is 128 Å². The van der Waals surface area contributed by atoms with E-state index in [-0.39, 0.29) is 39.4 Å². The summed E-state index contributed by atoms with van der Waals surface area (Å²) in [4.78, 5) is 31.2. The number of rotatable bonds is 17. The highest BCUT2D eigenvalue weighted by molar-refractivity contribution is 8.03. The number of thioether (sulfide) groups is 1. The largest absolute Gasteiger partial charge is 0.871 e. The number of aliphatic hydroxyl groups is 1. The number of para-hydroxylation sites is 2. The van der Waals surface area contributed by atoms with Gasteiger partial charge in [-0.3, -0.25) is 9.59 Å². The highest BCUT2D eigenvalue weighted by Crippen LogP contribution is 2.53. The first-order valence-corrected chi connectivity index (χ1v) is 22.4. The molecule has 1 N–H and O–H groups in total. The number of carbonyl (C=O) groups is 2. The molecule has 7 rings (SSSR count). The van der Waals surface area contributed by atoms with Crippen molar-refractivity contribution in [2.75, 3.05) is 25.0 Å². The SMILES string of the molecule is CCCCCCCC[N+](CCCCCCCC)=C1C=CC(=C2C(=O)C(C(C3=C(O)C(=Cc4sc5ccccc5[n+]4C)C3=O)=C3Sc4ccccc4N3C)=C2[O-])C=C1. The number of benzene rings is 2. The van der Waals surface area contributed by atoms with E-state index in [1.54, 1.807) is 6.08 Å². The van der Waals surface area contributed by atoms with Crippen molar-refractivity contribution in [3.05, 3.63) is 128 Å². The van der Waals surface area contributed by atoms with Crippen molar-refractivity contribution in [1.29, 1.82) is 0 Å². The van der Waals surface area contributed by atoms with Crippen LogP contribution in [0.25, 0.3) is 16.3 Å². The Labute approximate surface area is 345 Å². The van der Waals surface area contributed by atoms with Crippen molar-refractivity contribution in [2.45, 2.75) is 95.8 Å². The van der Waals surface area contributed by atoms with Gasteiger partial charge in [-0.2, -0.15) is 4.57 Å². The second kappa shape index (κ2) is 18.2. The number of aromatic nitrogens is 1. The van der Waals surface area contributed by atoms with E-state index in [9.17, 15) is 19.8 Å².